The SMILES string of the molecule is CC(C)[C@H](NC(=O)N[C@H](C(=O)N1CC[C@H](C(C)C)[C@H]1C(=O)NC(CC1C=C1)C(=O)C(N)=O)C(C)(C)C)C(=O)c1ncco1. The molecule has 13 heteroatoms. The molecule has 0 saturated carbocycles. The molecule has 1 unspecified atom stereocenters. The fourth-order valence-corrected chi connectivity index (χ4v) is 5.41. The van der Waals surface area contributed by atoms with Gasteiger partial charge in [0.1, 0.15) is 24.4 Å². The van der Waals surface area contributed by atoms with Crippen LogP contribution in [0.3, 0.4) is 0 Å². The first-order valence-corrected chi connectivity index (χ1v) is 14.7. The van der Waals surface area contributed by atoms with Gasteiger partial charge in [-0.1, -0.05) is 60.6 Å². The zero-order chi connectivity index (χ0) is 32.2. The molecule has 1 saturated heterocycles. The molecule has 5 atom stereocenters. The molecule has 0 aromatic carbocycles. The Kier molecular flexibility index (Phi) is 10.5. The van der Waals surface area contributed by atoms with Gasteiger partial charge in [-0.3, -0.25) is 24.0 Å². The van der Waals surface area contributed by atoms with Crippen molar-refractivity contribution in [3.63, 3.8) is 0 Å². The topological polar surface area (TPSA) is 194 Å². The molecule has 0 bridgehead atoms. The molecule has 0 radical (unpaired) electrons. The Morgan fingerprint density at radius 1 is 1.05 bits per heavy atom. The third-order valence-corrected chi connectivity index (χ3v) is 7.97. The fraction of sp³-hybridized carbons (Fsp3) is 0.633. The van der Waals surface area contributed by atoms with Crippen LogP contribution in [-0.4, -0.2) is 75.9 Å². The molecule has 3 rings (SSSR count). The molecule has 1 aliphatic heterocycles. The largest absolute Gasteiger partial charge is 0.442 e. The van der Waals surface area contributed by atoms with Crippen molar-refractivity contribution in [2.45, 2.75) is 85.5 Å². The molecule has 13 nitrogen and oxygen atoms in total. The van der Waals surface area contributed by atoms with E-state index in [1.165, 1.54) is 17.4 Å². The summed E-state index contributed by atoms with van der Waals surface area (Å²) >= 11 is 0. The van der Waals surface area contributed by atoms with Crippen molar-refractivity contribution < 1.29 is 33.2 Å². The maximum Gasteiger partial charge on any atom is 0.316 e. The minimum atomic E-state index is -1.14. The predicted molar refractivity (Wildman–Crippen MR) is 156 cm³/mol. The summed E-state index contributed by atoms with van der Waals surface area (Å²) in [6.07, 6.45) is 7.03. The van der Waals surface area contributed by atoms with Gasteiger partial charge in [0.2, 0.25) is 23.4 Å². The van der Waals surface area contributed by atoms with Crippen molar-refractivity contribution in [1.29, 1.82) is 0 Å². The normalized spacial score (nSPS) is 20.4. The molecule has 43 heavy (non-hydrogen) atoms. The number of hydrogen-bond donors (Lipinski definition) is 4. The third kappa shape index (κ3) is 8.29. The number of likely N-dealkylation sites (tertiary alicyclic amines) is 1. The second kappa shape index (κ2) is 13.5. The van der Waals surface area contributed by atoms with Crippen molar-refractivity contribution >= 4 is 35.3 Å². The van der Waals surface area contributed by atoms with Gasteiger partial charge in [-0.2, -0.15) is 0 Å². The number of rotatable bonds is 13. The smallest absolute Gasteiger partial charge is 0.316 e. The van der Waals surface area contributed by atoms with Gasteiger partial charge in [0.05, 0.1) is 12.2 Å². The highest BCUT2D eigenvalue weighted by molar-refractivity contribution is 6.37. The van der Waals surface area contributed by atoms with Gasteiger partial charge in [-0.15, -0.1) is 0 Å². The van der Waals surface area contributed by atoms with E-state index in [2.05, 4.69) is 20.9 Å². The quantitative estimate of drug-likeness (QED) is 0.149. The molecule has 5 N–H and O–H groups in total. The standard InChI is InChI=1S/C30H44N6O7/c1-15(2)18-10-12-36(21(18)26(40)33-19(14-17-8-9-17)22(37)25(31)39)28(41)24(30(5,6)7)35-29(42)34-20(16(3)4)23(38)27-32-11-13-43-27/h8-9,11,13,15-21,24H,10,12,14H2,1-7H3,(H2,31,39)(H,33,40)(H2,34,35,42)/t18-,19?,20+,21+,24-/m1/s1. The number of amides is 5. The van der Waals surface area contributed by atoms with Crippen molar-refractivity contribution in [1.82, 2.24) is 25.8 Å². The number of aromatic nitrogens is 1. The lowest BCUT2D eigenvalue weighted by Crippen LogP contribution is -2.62. The number of carbonyl (C=O) groups is 6. The lowest BCUT2D eigenvalue weighted by molar-refractivity contribution is -0.144. The number of ketones is 2. The molecule has 1 fully saturated rings. The summed E-state index contributed by atoms with van der Waals surface area (Å²) in [5, 5.41) is 8.07. The van der Waals surface area contributed by atoms with Gasteiger partial charge in [-0.25, -0.2) is 9.78 Å². The molecule has 2 heterocycles. The number of allylic oxidation sites excluding steroid dienone is 2. The summed E-state index contributed by atoms with van der Waals surface area (Å²) in [6.45, 7) is 13.0. The Morgan fingerprint density at radius 2 is 1.70 bits per heavy atom. The fourth-order valence-electron chi connectivity index (χ4n) is 5.41. The van der Waals surface area contributed by atoms with E-state index in [4.69, 9.17) is 10.2 Å². The highest BCUT2D eigenvalue weighted by Crippen LogP contribution is 2.34. The van der Waals surface area contributed by atoms with Gasteiger partial charge < -0.3 is 31.0 Å². The molecule has 1 aromatic rings. The summed E-state index contributed by atoms with van der Waals surface area (Å²) < 4.78 is 5.11. The summed E-state index contributed by atoms with van der Waals surface area (Å²) in [5.41, 5.74) is 4.46. The summed E-state index contributed by atoms with van der Waals surface area (Å²) in [5.74, 6) is -4.27. The average molecular weight is 601 g/mol. The first-order valence-electron chi connectivity index (χ1n) is 14.7. The van der Waals surface area contributed by atoms with Crippen LogP contribution >= 0.6 is 0 Å². The number of nitrogens with two attached hydrogens (primary N) is 1. The minimum Gasteiger partial charge on any atom is -0.442 e. The van der Waals surface area contributed by atoms with Gasteiger partial charge in [0.15, 0.2) is 0 Å². The Bertz CT molecular complexity index is 1240. The van der Waals surface area contributed by atoms with Gasteiger partial charge in [0.25, 0.3) is 11.8 Å². The van der Waals surface area contributed by atoms with E-state index in [0.29, 0.717) is 6.42 Å². The van der Waals surface area contributed by atoms with Crippen LogP contribution in [0.2, 0.25) is 0 Å². The van der Waals surface area contributed by atoms with Crippen LogP contribution in [0.4, 0.5) is 4.79 Å². The first-order chi connectivity index (χ1) is 20.0. The molecule has 0 spiro atoms. The maximum absolute atomic E-state index is 14.1. The zero-order valence-electron chi connectivity index (χ0n) is 25.9. The number of primary amides is 1. The summed E-state index contributed by atoms with van der Waals surface area (Å²) in [7, 11) is 0. The van der Waals surface area contributed by atoms with E-state index in [1.54, 1.807) is 34.6 Å². The second-order valence-corrected chi connectivity index (χ2v) is 13.1. The maximum atomic E-state index is 14.1. The van der Waals surface area contributed by atoms with Crippen LogP contribution in [0.5, 0.6) is 0 Å². The Morgan fingerprint density at radius 3 is 2.19 bits per heavy atom. The van der Waals surface area contributed by atoms with E-state index in [9.17, 15) is 28.8 Å². The lowest BCUT2D eigenvalue weighted by Gasteiger charge is -2.37. The van der Waals surface area contributed by atoms with Crippen LogP contribution in [0.1, 0.15) is 72.0 Å². The highest BCUT2D eigenvalue weighted by atomic mass is 16.3. The molecule has 5 amide bonds. The molecule has 2 aliphatic rings. The van der Waals surface area contributed by atoms with Crippen LogP contribution in [-0.2, 0) is 19.2 Å². The van der Waals surface area contributed by atoms with Crippen molar-refractivity contribution in [3.8, 4) is 0 Å². The van der Waals surface area contributed by atoms with Crippen LogP contribution < -0.4 is 21.7 Å². The predicted octanol–water partition coefficient (Wildman–Crippen LogP) is 1.58. The lowest BCUT2D eigenvalue weighted by atomic mass is 9.84. The van der Waals surface area contributed by atoms with Crippen molar-refractivity contribution in [3.05, 3.63) is 30.5 Å². The van der Waals surface area contributed by atoms with Gasteiger partial charge in [0, 0.05) is 6.54 Å². The van der Waals surface area contributed by atoms with E-state index in [-0.39, 0.29) is 42.5 Å². The zero-order valence-corrected chi connectivity index (χ0v) is 25.9. The molecule has 1 aliphatic carbocycles. The van der Waals surface area contributed by atoms with Crippen LogP contribution in [0, 0.1) is 29.1 Å². The van der Waals surface area contributed by atoms with Crippen LogP contribution in [0.15, 0.2) is 29.0 Å². The Labute approximate surface area is 251 Å². The summed E-state index contributed by atoms with van der Waals surface area (Å²) in [6, 6.07) is -4.83. The number of carbonyl (C=O) groups excluding carboxylic acids is 6. The van der Waals surface area contributed by atoms with E-state index < -0.39 is 64.9 Å². The number of hydrogen-bond acceptors (Lipinski definition) is 8. The highest BCUT2D eigenvalue weighted by Gasteiger charge is 2.48. The van der Waals surface area contributed by atoms with E-state index >= 15 is 0 Å². The molecule has 1 aromatic heterocycles. The summed E-state index contributed by atoms with van der Waals surface area (Å²) in [4.78, 5) is 83.5. The molecular weight excluding hydrogens is 556 g/mol. The van der Waals surface area contributed by atoms with Crippen molar-refractivity contribution in [2.24, 2.45) is 34.8 Å². The number of urea groups is 1. The Hall–Kier alpha value is -4.03. The number of nitrogens with zero attached hydrogens (tertiary/aromatic N) is 2. The third-order valence-electron chi connectivity index (χ3n) is 7.97. The van der Waals surface area contributed by atoms with E-state index in [1.807, 2.05) is 26.0 Å². The second-order valence-electron chi connectivity index (χ2n) is 13.1. The van der Waals surface area contributed by atoms with Gasteiger partial charge in [-0.05, 0) is 41.9 Å². The van der Waals surface area contributed by atoms with E-state index in [0.717, 1.165) is 0 Å². The molecule has 236 valence electrons. The minimum absolute atomic E-state index is 0.0151. The number of nitrogens with one attached hydrogen (secondary N) is 3. The molecular formula is C30H44N6O7. The van der Waals surface area contributed by atoms with Crippen molar-refractivity contribution in [2.75, 3.05) is 6.54 Å². The number of Topliss-reactive ketones (excluding diaryl/α,β-unsaturated/α-hetero) is 2. The average Bonchev–Trinajstić information content (AvgIpc) is 3.37. The van der Waals surface area contributed by atoms with Gasteiger partial charge >= 0.3 is 6.03 Å². The van der Waals surface area contributed by atoms with Crippen LogP contribution in [0.25, 0.3) is 0 Å². The Balaban J connectivity index is 1.82. The number of oxazole rings is 1. The monoisotopic (exact) mass is 600 g/mol. The first kappa shape index (κ1) is 33.5.